The quantitative estimate of drug-likeness (QED) is 0.532. The first-order valence-electron chi connectivity index (χ1n) is 9.61. The Labute approximate surface area is 174 Å². The van der Waals surface area contributed by atoms with E-state index in [1.807, 2.05) is 48.5 Å². The number of carbonyl (C=O) groups excluding carboxylic acids is 4. The lowest BCUT2D eigenvalue weighted by Gasteiger charge is -2.18. The van der Waals surface area contributed by atoms with Crippen LogP contribution in [0.1, 0.15) is 36.8 Å². The number of alkyl carbamates (subject to hydrolysis) is 1. The summed E-state index contributed by atoms with van der Waals surface area (Å²) in [5.74, 6) is -1.70. The van der Waals surface area contributed by atoms with Crippen LogP contribution in [0.3, 0.4) is 0 Å². The van der Waals surface area contributed by atoms with Crippen LogP contribution in [0.2, 0.25) is 0 Å². The highest BCUT2D eigenvalue weighted by Crippen LogP contribution is 2.44. The molecule has 0 saturated heterocycles. The molecule has 7 heteroatoms. The zero-order chi connectivity index (χ0) is 21.7. The third kappa shape index (κ3) is 4.74. The minimum Gasteiger partial charge on any atom is -0.469 e. The van der Waals surface area contributed by atoms with E-state index in [0.29, 0.717) is 0 Å². The molecular formula is C23H23NO6. The number of carbonyl (C=O) groups is 4. The molecule has 2 aromatic carbocycles. The molecule has 0 unspecified atom stereocenters. The first-order chi connectivity index (χ1) is 14.4. The number of benzene rings is 2. The number of fused-ring (bicyclic) bond motifs is 3. The van der Waals surface area contributed by atoms with Gasteiger partial charge in [0.05, 0.1) is 13.2 Å². The number of Topliss-reactive ketones (excluding diaryl/α,β-unsaturated/α-hetero) is 2. The number of hydrogen-bond acceptors (Lipinski definition) is 6. The Morgan fingerprint density at radius 1 is 0.967 bits per heavy atom. The van der Waals surface area contributed by atoms with Gasteiger partial charge in [0.25, 0.3) is 0 Å². The molecular weight excluding hydrogens is 386 g/mol. The molecule has 1 aliphatic rings. The minimum absolute atomic E-state index is 0.0978. The van der Waals surface area contributed by atoms with E-state index in [9.17, 15) is 19.2 Å². The van der Waals surface area contributed by atoms with Crippen molar-refractivity contribution in [3.63, 3.8) is 0 Å². The number of hydrogen-bond donors (Lipinski definition) is 1. The summed E-state index contributed by atoms with van der Waals surface area (Å²) >= 11 is 0. The molecule has 7 nitrogen and oxygen atoms in total. The predicted octanol–water partition coefficient (Wildman–Crippen LogP) is 3.01. The number of esters is 1. The normalized spacial score (nSPS) is 13.0. The number of methoxy groups -OCH3 is 1. The fourth-order valence-corrected chi connectivity index (χ4v) is 3.61. The lowest BCUT2D eigenvalue weighted by molar-refractivity contribution is -0.143. The van der Waals surface area contributed by atoms with Crippen LogP contribution in [0.15, 0.2) is 48.5 Å². The topological polar surface area (TPSA) is 98.8 Å². The SMILES string of the molecule is COC(=O)CC(=O)C[C@H](NC(=O)OCC1c2ccccc2-c2ccccc21)C(C)=O. The molecule has 0 spiro atoms. The molecule has 0 saturated carbocycles. The van der Waals surface area contributed by atoms with E-state index in [2.05, 4.69) is 10.1 Å². The van der Waals surface area contributed by atoms with E-state index in [1.54, 1.807) is 0 Å². The van der Waals surface area contributed by atoms with Crippen molar-refractivity contribution < 1.29 is 28.7 Å². The van der Waals surface area contributed by atoms with E-state index >= 15 is 0 Å². The van der Waals surface area contributed by atoms with Crippen molar-refractivity contribution in [3.05, 3.63) is 59.7 Å². The molecule has 0 bridgehead atoms. The first kappa shape index (κ1) is 21.2. The Balaban J connectivity index is 1.63. The third-order valence-electron chi connectivity index (χ3n) is 5.13. The second kappa shape index (κ2) is 9.35. The van der Waals surface area contributed by atoms with Gasteiger partial charge in [-0.25, -0.2) is 4.79 Å². The van der Waals surface area contributed by atoms with Crippen LogP contribution in [-0.2, 0) is 23.9 Å². The number of rotatable bonds is 8. The Morgan fingerprint density at radius 2 is 1.53 bits per heavy atom. The summed E-state index contributed by atoms with van der Waals surface area (Å²) in [5, 5.41) is 2.43. The van der Waals surface area contributed by atoms with E-state index in [1.165, 1.54) is 14.0 Å². The van der Waals surface area contributed by atoms with Crippen LogP contribution < -0.4 is 5.32 Å². The van der Waals surface area contributed by atoms with Crippen molar-refractivity contribution in [2.45, 2.75) is 31.7 Å². The Hall–Kier alpha value is -3.48. The smallest absolute Gasteiger partial charge is 0.407 e. The van der Waals surface area contributed by atoms with Crippen molar-refractivity contribution in [1.29, 1.82) is 0 Å². The lowest BCUT2D eigenvalue weighted by Crippen LogP contribution is -2.42. The summed E-state index contributed by atoms with van der Waals surface area (Å²) in [7, 11) is 1.17. The van der Waals surface area contributed by atoms with E-state index in [4.69, 9.17) is 4.74 Å². The van der Waals surface area contributed by atoms with Crippen molar-refractivity contribution in [2.75, 3.05) is 13.7 Å². The van der Waals surface area contributed by atoms with Gasteiger partial charge in [0.15, 0.2) is 5.78 Å². The fourth-order valence-electron chi connectivity index (χ4n) is 3.61. The van der Waals surface area contributed by atoms with Gasteiger partial charge >= 0.3 is 12.1 Å². The molecule has 30 heavy (non-hydrogen) atoms. The number of nitrogens with one attached hydrogen (secondary N) is 1. The highest BCUT2D eigenvalue weighted by molar-refractivity contribution is 5.99. The van der Waals surface area contributed by atoms with Crippen molar-refractivity contribution in [3.8, 4) is 11.1 Å². The highest BCUT2D eigenvalue weighted by Gasteiger charge is 2.29. The second-order valence-electron chi connectivity index (χ2n) is 7.13. The summed E-state index contributed by atoms with van der Waals surface area (Å²) in [5.41, 5.74) is 4.36. The van der Waals surface area contributed by atoms with Gasteiger partial charge in [0.2, 0.25) is 0 Å². The lowest BCUT2D eigenvalue weighted by atomic mass is 9.98. The molecule has 1 N–H and O–H groups in total. The molecule has 0 aromatic heterocycles. The summed E-state index contributed by atoms with van der Waals surface area (Å²) < 4.78 is 9.84. The second-order valence-corrected chi connectivity index (χ2v) is 7.13. The molecule has 1 atom stereocenters. The Bertz CT molecular complexity index is 938. The number of ether oxygens (including phenoxy) is 2. The van der Waals surface area contributed by atoms with Gasteiger partial charge in [-0.2, -0.15) is 0 Å². The van der Waals surface area contributed by atoms with Crippen LogP contribution in [0.5, 0.6) is 0 Å². The van der Waals surface area contributed by atoms with Gasteiger partial charge < -0.3 is 14.8 Å². The average molecular weight is 409 g/mol. The molecule has 0 heterocycles. The van der Waals surface area contributed by atoms with Crippen LogP contribution in [0, 0.1) is 0 Å². The zero-order valence-electron chi connectivity index (χ0n) is 16.8. The zero-order valence-corrected chi connectivity index (χ0v) is 16.8. The van der Waals surface area contributed by atoms with Crippen LogP contribution in [0.4, 0.5) is 4.79 Å². The average Bonchev–Trinajstić information content (AvgIpc) is 3.05. The molecule has 0 fully saturated rings. The molecule has 2 aromatic rings. The molecule has 0 radical (unpaired) electrons. The van der Waals surface area contributed by atoms with E-state index in [0.717, 1.165) is 22.3 Å². The largest absolute Gasteiger partial charge is 0.469 e. The highest BCUT2D eigenvalue weighted by atomic mass is 16.5. The number of amides is 1. The monoisotopic (exact) mass is 409 g/mol. The van der Waals surface area contributed by atoms with Crippen LogP contribution in [-0.4, -0.2) is 43.4 Å². The first-order valence-corrected chi connectivity index (χ1v) is 9.61. The molecule has 3 rings (SSSR count). The minimum atomic E-state index is -1.06. The van der Waals surface area contributed by atoms with Crippen molar-refractivity contribution >= 4 is 23.6 Å². The molecule has 1 amide bonds. The maximum absolute atomic E-state index is 12.3. The fraction of sp³-hybridized carbons (Fsp3) is 0.304. The number of ketones is 2. The van der Waals surface area contributed by atoms with Crippen LogP contribution in [0.25, 0.3) is 11.1 Å². The molecule has 0 aliphatic heterocycles. The standard InChI is InChI=1S/C23H23NO6/c1-14(25)21(11-15(26)12-22(27)29-2)24-23(28)30-13-20-18-9-5-3-7-16(18)17-8-4-6-10-19(17)20/h3-10,20-21H,11-13H2,1-2H3,(H,24,28)/t21-/m0/s1. The maximum atomic E-state index is 12.3. The van der Waals surface area contributed by atoms with Gasteiger partial charge in [-0.3, -0.25) is 14.4 Å². The summed E-state index contributed by atoms with van der Waals surface area (Å²) in [6.45, 7) is 1.36. The van der Waals surface area contributed by atoms with Gasteiger partial charge in [-0.1, -0.05) is 48.5 Å². The van der Waals surface area contributed by atoms with Crippen molar-refractivity contribution in [1.82, 2.24) is 5.32 Å². The van der Waals surface area contributed by atoms with E-state index in [-0.39, 0.29) is 18.9 Å². The van der Waals surface area contributed by atoms with Gasteiger partial charge in [0.1, 0.15) is 18.8 Å². The predicted molar refractivity (Wildman–Crippen MR) is 109 cm³/mol. The van der Waals surface area contributed by atoms with Crippen LogP contribution >= 0.6 is 0 Å². The van der Waals surface area contributed by atoms with Crippen molar-refractivity contribution in [2.24, 2.45) is 0 Å². The Morgan fingerprint density at radius 3 is 2.07 bits per heavy atom. The third-order valence-corrected chi connectivity index (χ3v) is 5.13. The Kier molecular flexibility index (Phi) is 6.61. The maximum Gasteiger partial charge on any atom is 0.407 e. The summed E-state index contributed by atoms with van der Waals surface area (Å²) in [6.07, 6.45) is -1.54. The summed E-state index contributed by atoms with van der Waals surface area (Å²) in [4.78, 5) is 47.2. The van der Waals surface area contributed by atoms with E-state index < -0.39 is 36.1 Å². The molecule has 1 aliphatic carbocycles. The van der Waals surface area contributed by atoms with Gasteiger partial charge in [-0.15, -0.1) is 0 Å². The van der Waals surface area contributed by atoms with Gasteiger partial charge in [-0.05, 0) is 29.2 Å². The molecule has 156 valence electrons. The van der Waals surface area contributed by atoms with Gasteiger partial charge in [0, 0.05) is 12.3 Å². The summed E-state index contributed by atoms with van der Waals surface area (Å²) in [6, 6.07) is 14.8.